The Balaban J connectivity index is 1.22. The van der Waals surface area contributed by atoms with Gasteiger partial charge in [-0.15, -0.1) is 0 Å². The van der Waals surface area contributed by atoms with E-state index < -0.39 is 41.4 Å². The molecule has 1 fully saturated rings. The van der Waals surface area contributed by atoms with Crippen molar-refractivity contribution in [3.8, 4) is 0 Å². The number of benzene rings is 1. The number of anilines is 2. The molecule has 1 aliphatic rings. The summed E-state index contributed by atoms with van der Waals surface area (Å²) in [6.45, 7) is 1.68. The predicted molar refractivity (Wildman–Crippen MR) is 211 cm³/mol. The van der Waals surface area contributed by atoms with Crippen LogP contribution >= 0.6 is 0 Å². The van der Waals surface area contributed by atoms with Crippen molar-refractivity contribution in [2.75, 3.05) is 96.1 Å². The van der Waals surface area contributed by atoms with Crippen LogP contribution in [0.1, 0.15) is 35.3 Å². The number of nitrogens with zero attached hydrogens (tertiary/aromatic N) is 7. The minimum atomic E-state index is -1.22. The number of aliphatic carboxylic acids is 4. The number of carboxylic acid groups (broad SMARTS) is 4. The molecule has 1 saturated heterocycles. The molecule has 0 unspecified atom stereocenters. The molecule has 0 spiro atoms. The van der Waals surface area contributed by atoms with Crippen LogP contribution in [0.3, 0.4) is 0 Å². The molecule has 4 rings (SSSR count). The molecule has 1 aliphatic heterocycles. The summed E-state index contributed by atoms with van der Waals surface area (Å²) in [6.07, 6.45) is 2.33. The average molecular weight is 827 g/mol. The summed E-state index contributed by atoms with van der Waals surface area (Å²) in [4.78, 5) is 106. The van der Waals surface area contributed by atoms with Crippen molar-refractivity contribution >= 4 is 58.5 Å². The van der Waals surface area contributed by atoms with Gasteiger partial charge in [0.25, 0.3) is 11.5 Å². The van der Waals surface area contributed by atoms with Crippen LogP contribution in [-0.2, 0) is 30.5 Å². The van der Waals surface area contributed by atoms with Gasteiger partial charge in [-0.25, -0.2) is 14.8 Å². The summed E-state index contributed by atoms with van der Waals surface area (Å²) in [5, 5.41) is 46.4. The highest BCUT2D eigenvalue weighted by atomic mass is 16.4. The molecule has 320 valence electrons. The van der Waals surface area contributed by atoms with E-state index in [1.807, 2.05) is 0 Å². The van der Waals surface area contributed by atoms with Crippen molar-refractivity contribution in [2.24, 2.45) is 0 Å². The fraction of sp³-hybridized carbons (Fsp3) is 0.500. The normalized spacial score (nSPS) is 15.7. The first-order chi connectivity index (χ1) is 28.1. The van der Waals surface area contributed by atoms with Crippen molar-refractivity contribution in [3.05, 3.63) is 52.1 Å². The van der Waals surface area contributed by atoms with Crippen LogP contribution in [0.5, 0.6) is 0 Å². The van der Waals surface area contributed by atoms with E-state index in [0.29, 0.717) is 24.2 Å². The molecule has 23 nitrogen and oxygen atoms in total. The predicted octanol–water partition coefficient (Wildman–Crippen LogP) is -2.15. The molecule has 3 aromatic rings. The third-order valence-corrected chi connectivity index (χ3v) is 9.33. The van der Waals surface area contributed by atoms with E-state index in [2.05, 4.69) is 35.9 Å². The summed E-state index contributed by atoms with van der Waals surface area (Å²) in [5.41, 5.74) is 6.49. The van der Waals surface area contributed by atoms with Gasteiger partial charge in [0, 0.05) is 70.2 Å². The van der Waals surface area contributed by atoms with E-state index in [0.717, 1.165) is 0 Å². The monoisotopic (exact) mass is 826 g/mol. The number of aromatic nitrogens is 4. The molecule has 1 aromatic carbocycles. The first-order valence-corrected chi connectivity index (χ1v) is 18.9. The van der Waals surface area contributed by atoms with Crippen LogP contribution in [0.15, 0.2) is 35.3 Å². The number of carboxylic acids is 4. The number of H-pyrrole nitrogens is 1. The maximum absolute atomic E-state index is 13.0. The SMILES string of the molecule is Nc1nc2ncc(CNc3ccc(C(=O)N[C@@H](CCCCNC(=O)CN4CCN(CC(=O)O)CCN(CC(=O)O)CCN(CC(=O)O)CC4)C(=O)O)cc3)nc2c(=O)[nH]1. The molecule has 0 bridgehead atoms. The number of hydrogen-bond acceptors (Lipinski definition) is 16. The molecule has 23 heteroatoms. The Hall–Kier alpha value is -6.30. The number of amides is 2. The lowest BCUT2D eigenvalue weighted by Gasteiger charge is -2.32. The molecule has 10 N–H and O–H groups in total. The molecule has 1 atom stereocenters. The molecule has 0 aliphatic carbocycles. The van der Waals surface area contributed by atoms with Gasteiger partial charge in [-0.05, 0) is 43.5 Å². The minimum absolute atomic E-state index is 0.0395. The smallest absolute Gasteiger partial charge is 0.326 e. The molecular formula is C36H50N12O11. The van der Waals surface area contributed by atoms with Crippen LogP contribution in [0.2, 0.25) is 0 Å². The Morgan fingerprint density at radius 3 is 1.78 bits per heavy atom. The fourth-order valence-corrected chi connectivity index (χ4v) is 6.23. The van der Waals surface area contributed by atoms with Crippen LogP contribution in [0.4, 0.5) is 11.6 Å². The fourth-order valence-electron chi connectivity index (χ4n) is 6.23. The van der Waals surface area contributed by atoms with Crippen molar-refractivity contribution in [1.29, 1.82) is 0 Å². The van der Waals surface area contributed by atoms with Gasteiger partial charge in [0.05, 0.1) is 44.6 Å². The van der Waals surface area contributed by atoms with E-state index in [-0.39, 0.29) is 127 Å². The van der Waals surface area contributed by atoms with Crippen molar-refractivity contribution in [2.45, 2.75) is 31.8 Å². The van der Waals surface area contributed by atoms with Crippen molar-refractivity contribution in [3.63, 3.8) is 0 Å². The summed E-state index contributed by atoms with van der Waals surface area (Å²) >= 11 is 0. The maximum Gasteiger partial charge on any atom is 0.326 e. The Morgan fingerprint density at radius 2 is 1.27 bits per heavy atom. The van der Waals surface area contributed by atoms with Gasteiger partial charge in [0.15, 0.2) is 11.2 Å². The van der Waals surface area contributed by atoms with Crippen LogP contribution < -0.4 is 27.2 Å². The van der Waals surface area contributed by atoms with Crippen LogP contribution in [-0.4, -0.2) is 187 Å². The second-order valence-corrected chi connectivity index (χ2v) is 13.9. The van der Waals surface area contributed by atoms with Gasteiger partial charge in [-0.3, -0.25) is 53.4 Å². The van der Waals surface area contributed by atoms with Gasteiger partial charge in [0.1, 0.15) is 6.04 Å². The van der Waals surface area contributed by atoms with E-state index in [4.69, 9.17) is 5.73 Å². The molecule has 2 amide bonds. The average Bonchev–Trinajstić information content (AvgIpc) is 3.17. The zero-order valence-corrected chi connectivity index (χ0v) is 32.3. The molecular weight excluding hydrogens is 776 g/mol. The highest BCUT2D eigenvalue weighted by Crippen LogP contribution is 2.13. The Morgan fingerprint density at radius 1 is 0.746 bits per heavy atom. The second kappa shape index (κ2) is 22.6. The Bertz CT molecular complexity index is 1970. The number of rotatable bonds is 19. The number of aromatic amines is 1. The van der Waals surface area contributed by atoms with Gasteiger partial charge in [-0.1, -0.05) is 0 Å². The number of carbonyl (C=O) groups excluding carboxylic acids is 2. The van der Waals surface area contributed by atoms with E-state index in [9.17, 15) is 54.0 Å². The van der Waals surface area contributed by atoms with Gasteiger partial charge < -0.3 is 42.1 Å². The van der Waals surface area contributed by atoms with E-state index in [1.165, 1.54) is 18.3 Å². The lowest BCUT2D eigenvalue weighted by molar-refractivity contribution is -0.140. The Kier molecular flexibility index (Phi) is 17.4. The standard InChI is InChI=1S/C36H50N12O11/c37-36-43-32-31(34(57)44-36)41-25(18-40-32)17-39-24-6-4-23(5-7-24)33(56)42-26(35(58)59)3-1-2-8-38-27(49)19-45-9-11-46(20-28(50)51)13-15-48(22-30(54)55)16-14-47(12-10-45)21-29(52)53/h4-7,18,26,39H,1-3,8-17,19-22H2,(H,38,49)(H,42,56)(H,50,51)(H,52,53)(H,54,55)(H,58,59)(H3,37,40,43,44,57)/t26-/m0/s1. The van der Waals surface area contributed by atoms with Gasteiger partial charge >= 0.3 is 23.9 Å². The lowest BCUT2D eigenvalue weighted by atomic mass is 10.1. The lowest BCUT2D eigenvalue weighted by Crippen LogP contribution is -2.49. The van der Waals surface area contributed by atoms with Crippen molar-refractivity contribution in [1.82, 2.24) is 50.2 Å². The minimum Gasteiger partial charge on any atom is -0.480 e. The first-order valence-electron chi connectivity index (χ1n) is 18.9. The number of nitrogens with two attached hydrogens (primary N) is 1. The number of nitrogens with one attached hydrogen (secondary N) is 4. The Labute approximate surface area is 337 Å². The summed E-state index contributed by atoms with van der Waals surface area (Å²) in [7, 11) is 0. The topological polar surface area (TPSA) is 330 Å². The first kappa shape index (κ1) is 45.4. The maximum atomic E-state index is 13.0. The zero-order chi connectivity index (χ0) is 42.9. The summed E-state index contributed by atoms with van der Waals surface area (Å²) in [6, 6.07) is 5.13. The quantitative estimate of drug-likeness (QED) is 0.0582. The molecule has 0 saturated carbocycles. The largest absolute Gasteiger partial charge is 0.480 e. The molecule has 59 heavy (non-hydrogen) atoms. The molecule has 2 aromatic heterocycles. The number of unbranched alkanes of at least 4 members (excludes halogenated alkanes) is 1. The third kappa shape index (κ3) is 15.9. The van der Waals surface area contributed by atoms with Gasteiger partial charge in [0.2, 0.25) is 11.9 Å². The molecule has 3 heterocycles. The second-order valence-electron chi connectivity index (χ2n) is 13.9. The number of carbonyl (C=O) groups is 6. The van der Waals surface area contributed by atoms with Gasteiger partial charge in [-0.2, -0.15) is 4.98 Å². The summed E-state index contributed by atoms with van der Waals surface area (Å²) < 4.78 is 0. The van der Waals surface area contributed by atoms with Crippen LogP contribution in [0.25, 0.3) is 11.2 Å². The van der Waals surface area contributed by atoms with E-state index >= 15 is 0 Å². The molecule has 0 radical (unpaired) electrons. The highest BCUT2D eigenvalue weighted by molar-refractivity contribution is 5.96. The number of nitrogen functional groups attached to an aromatic ring is 1. The van der Waals surface area contributed by atoms with Crippen LogP contribution in [0, 0.1) is 0 Å². The summed E-state index contributed by atoms with van der Waals surface area (Å²) in [5.74, 6) is -5.36. The third-order valence-electron chi connectivity index (χ3n) is 9.33. The van der Waals surface area contributed by atoms with E-state index in [1.54, 1.807) is 31.7 Å². The zero-order valence-electron chi connectivity index (χ0n) is 32.3. The van der Waals surface area contributed by atoms with Crippen molar-refractivity contribution < 1.29 is 49.2 Å². The highest BCUT2D eigenvalue weighted by Gasteiger charge is 2.23. The number of hydrogen-bond donors (Lipinski definition) is 9. The number of fused-ring (bicyclic) bond motifs is 1.